The molecule has 152 valence electrons. The van der Waals surface area contributed by atoms with E-state index in [2.05, 4.69) is 0 Å². The number of carbonyl (C=O) groups excluding carboxylic acids is 1. The first-order chi connectivity index (χ1) is 13.2. The van der Waals surface area contributed by atoms with Crippen molar-refractivity contribution in [1.29, 1.82) is 0 Å². The average Bonchev–Trinajstić information content (AvgIpc) is 2.65. The molecule has 0 aromatic heterocycles. The molecule has 2 aromatic carbocycles. The Morgan fingerprint density at radius 3 is 2.21 bits per heavy atom. The van der Waals surface area contributed by atoms with Gasteiger partial charge in [0.15, 0.2) is 0 Å². The van der Waals surface area contributed by atoms with Crippen LogP contribution in [0.1, 0.15) is 44.9 Å². The first-order valence-corrected chi connectivity index (χ1v) is 9.55. The number of carbonyl (C=O) groups is 1. The van der Waals surface area contributed by atoms with Gasteiger partial charge in [0.25, 0.3) is 0 Å². The lowest BCUT2D eigenvalue weighted by Gasteiger charge is -2.33. The van der Waals surface area contributed by atoms with Crippen LogP contribution in [0.5, 0.6) is 5.75 Å². The van der Waals surface area contributed by atoms with Gasteiger partial charge in [0.1, 0.15) is 11.4 Å². The molecule has 0 aliphatic carbocycles. The number of ether oxygens (including phenoxy) is 2. The van der Waals surface area contributed by atoms with Crippen molar-refractivity contribution in [3.05, 3.63) is 65.7 Å². The van der Waals surface area contributed by atoms with Gasteiger partial charge < -0.3 is 19.5 Å². The molecule has 2 aromatic rings. The zero-order valence-corrected chi connectivity index (χ0v) is 17.4. The minimum Gasteiger partial charge on any atom is -0.497 e. The van der Waals surface area contributed by atoms with Crippen LogP contribution in [0.3, 0.4) is 0 Å². The highest BCUT2D eigenvalue weighted by Crippen LogP contribution is 2.22. The maximum absolute atomic E-state index is 12.8. The number of aliphatic hydroxyl groups is 1. The summed E-state index contributed by atoms with van der Waals surface area (Å²) in [5.41, 5.74) is 1.25. The fraction of sp³-hybridized carbons (Fsp3) is 0.435. The summed E-state index contributed by atoms with van der Waals surface area (Å²) in [5, 5.41) is 10.7. The second kappa shape index (κ2) is 9.60. The molecule has 0 saturated heterocycles. The summed E-state index contributed by atoms with van der Waals surface area (Å²) < 4.78 is 10.7. The SMILES string of the molecule is COc1ccc(C(O)CN(C(=O)OC(C)(C)C)C(C)Cc2ccccc2)cc1. The highest BCUT2D eigenvalue weighted by atomic mass is 16.6. The van der Waals surface area contributed by atoms with Gasteiger partial charge in [-0.25, -0.2) is 4.79 Å². The molecule has 2 unspecified atom stereocenters. The van der Waals surface area contributed by atoms with E-state index >= 15 is 0 Å². The summed E-state index contributed by atoms with van der Waals surface area (Å²) in [6.45, 7) is 7.63. The van der Waals surface area contributed by atoms with Gasteiger partial charge in [-0.3, -0.25) is 0 Å². The minimum absolute atomic E-state index is 0.134. The second-order valence-corrected chi connectivity index (χ2v) is 7.96. The maximum Gasteiger partial charge on any atom is 0.410 e. The predicted octanol–water partition coefficient (Wildman–Crippen LogP) is 4.60. The lowest BCUT2D eigenvalue weighted by molar-refractivity contribution is 0.00547. The van der Waals surface area contributed by atoms with E-state index < -0.39 is 17.8 Å². The van der Waals surface area contributed by atoms with E-state index in [4.69, 9.17) is 9.47 Å². The molecule has 2 rings (SSSR count). The van der Waals surface area contributed by atoms with Crippen LogP contribution >= 0.6 is 0 Å². The summed E-state index contributed by atoms with van der Waals surface area (Å²) in [6.07, 6.45) is -0.574. The molecule has 0 radical (unpaired) electrons. The summed E-state index contributed by atoms with van der Waals surface area (Å²) in [4.78, 5) is 14.4. The molecule has 5 heteroatoms. The number of rotatable bonds is 7. The molecular formula is C23H31NO4. The third-order valence-corrected chi connectivity index (χ3v) is 4.40. The van der Waals surface area contributed by atoms with Crippen molar-refractivity contribution in [3.63, 3.8) is 0 Å². The Balaban J connectivity index is 2.17. The van der Waals surface area contributed by atoms with Crippen LogP contribution in [0.2, 0.25) is 0 Å². The number of hydrogen-bond donors (Lipinski definition) is 1. The molecule has 0 aliphatic rings. The van der Waals surface area contributed by atoms with E-state index in [9.17, 15) is 9.90 Å². The van der Waals surface area contributed by atoms with Crippen molar-refractivity contribution in [2.75, 3.05) is 13.7 Å². The first kappa shape index (κ1) is 21.8. The Bertz CT molecular complexity index is 737. The van der Waals surface area contributed by atoms with Crippen LogP contribution in [-0.4, -0.2) is 41.4 Å². The largest absolute Gasteiger partial charge is 0.497 e. The number of nitrogens with zero attached hydrogens (tertiary/aromatic N) is 1. The predicted molar refractivity (Wildman–Crippen MR) is 111 cm³/mol. The fourth-order valence-corrected chi connectivity index (χ4v) is 2.94. The minimum atomic E-state index is -0.823. The highest BCUT2D eigenvalue weighted by molar-refractivity contribution is 5.68. The van der Waals surface area contributed by atoms with Crippen LogP contribution in [0.15, 0.2) is 54.6 Å². The van der Waals surface area contributed by atoms with Crippen LogP contribution in [0.25, 0.3) is 0 Å². The molecule has 0 saturated carbocycles. The van der Waals surface area contributed by atoms with E-state index in [0.717, 1.165) is 16.9 Å². The Morgan fingerprint density at radius 1 is 1.07 bits per heavy atom. The van der Waals surface area contributed by atoms with E-state index in [1.807, 2.05) is 58.0 Å². The lowest BCUT2D eigenvalue weighted by Crippen LogP contribution is -2.45. The third kappa shape index (κ3) is 6.57. The normalized spacial score (nSPS) is 13.5. The van der Waals surface area contributed by atoms with Crippen LogP contribution in [-0.2, 0) is 11.2 Å². The Morgan fingerprint density at radius 2 is 1.68 bits per heavy atom. The number of aliphatic hydroxyl groups excluding tert-OH is 1. The van der Waals surface area contributed by atoms with Gasteiger partial charge in [0.05, 0.1) is 19.8 Å². The van der Waals surface area contributed by atoms with Crippen molar-refractivity contribution >= 4 is 6.09 Å². The number of methoxy groups -OCH3 is 1. The van der Waals surface area contributed by atoms with E-state index in [-0.39, 0.29) is 12.6 Å². The van der Waals surface area contributed by atoms with E-state index in [1.165, 1.54) is 0 Å². The first-order valence-electron chi connectivity index (χ1n) is 9.55. The molecule has 1 N–H and O–H groups in total. The van der Waals surface area contributed by atoms with Gasteiger partial charge in [-0.1, -0.05) is 42.5 Å². The Hall–Kier alpha value is -2.53. The second-order valence-electron chi connectivity index (χ2n) is 7.96. The summed E-state index contributed by atoms with van der Waals surface area (Å²) in [6, 6.07) is 17.0. The van der Waals surface area contributed by atoms with Crippen molar-refractivity contribution < 1.29 is 19.4 Å². The van der Waals surface area contributed by atoms with Crippen molar-refractivity contribution in [1.82, 2.24) is 4.90 Å². The van der Waals surface area contributed by atoms with Crippen molar-refractivity contribution in [2.24, 2.45) is 0 Å². The Kier molecular flexibility index (Phi) is 7.46. The van der Waals surface area contributed by atoms with Gasteiger partial charge in [-0.15, -0.1) is 0 Å². The molecule has 1 amide bonds. The molecular weight excluding hydrogens is 354 g/mol. The average molecular weight is 386 g/mol. The molecule has 0 spiro atoms. The monoisotopic (exact) mass is 385 g/mol. The summed E-state index contributed by atoms with van der Waals surface area (Å²) >= 11 is 0. The van der Waals surface area contributed by atoms with Crippen LogP contribution in [0.4, 0.5) is 4.79 Å². The zero-order valence-electron chi connectivity index (χ0n) is 17.4. The molecule has 0 heterocycles. The standard InChI is InChI=1S/C23H31NO4/c1-17(15-18-9-7-6-8-10-18)24(22(26)28-23(2,3)4)16-21(25)19-11-13-20(27-5)14-12-19/h6-14,17,21,25H,15-16H2,1-5H3. The maximum atomic E-state index is 12.8. The van der Waals surface area contributed by atoms with Crippen LogP contribution in [0, 0.1) is 0 Å². The number of amides is 1. The lowest BCUT2D eigenvalue weighted by atomic mass is 10.0. The molecule has 5 nitrogen and oxygen atoms in total. The van der Waals surface area contributed by atoms with E-state index in [0.29, 0.717) is 6.42 Å². The number of hydrogen-bond acceptors (Lipinski definition) is 4. The highest BCUT2D eigenvalue weighted by Gasteiger charge is 2.28. The van der Waals surface area contributed by atoms with Crippen LogP contribution < -0.4 is 4.74 Å². The number of benzene rings is 2. The molecule has 28 heavy (non-hydrogen) atoms. The van der Waals surface area contributed by atoms with Gasteiger partial charge in [0.2, 0.25) is 0 Å². The van der Waals surface area contributed by atoms with Gasteiger partial charge in [-0.05, 0) is 57.4 Å². The molecule has 0 fully saturated rings. The fourth-order valence-electron chi connectivity index (χ4n) is 2.94. The van der Waals surface area contributed by atoms with Gasteiger partial charge >= 0.3 is 6.09 Å². The van der Waals surface area contributed by atoms with Gasteiger partial charge in [-0.2, -0.15) is 0 Å². The third-order valence-electron chi connectivity index (χ3n) is 4.40. The topological polar surface area (TPSA) is 59.0 Å². The summed E-state index contributed by atoms with van der Waals surface area (Å²) in [7, 11) is 1.60. The Labute approximate surface area is 167 Å². The van der Waals surface area contributed by atoms with Gasteiger partial charge in [0, 0.05) is 6.04 Å². The molecule has 0 bridgehead atoms. The summed E-state index contributed by atoms with van der Waals surface area (Å²) in [5.74, 6) is 0.720. The molecule has 2 atom stereocenters. The molecule has 0 aliphatic heterocycles. The smallest absolute Gasteiger partial charge is 0.410 e. The van der Waals surface area contributed by atoms with E-state index in [1.54, 1.807) is 36.3 Å². The quantitative estimate of drug-likeness (QED) is 0.757. The van der Waals surface area contributed by atoms with Crippen molar-refractivity contribution in [3.8, 4) is 5.75 Å². The zero-order chi connectivity index (χ0) is 20.7. The van der Waals surface area contributed by atoms with Crippen molar-refractivity contribution in [2.45, 2.75) is 51.9 Å².